The van der Waals surface area contributed by atoms with Crippen LogP contribution >= 0.6 is 15.9 Å². The van der Waals surface area contributed by atoms with Crippen LogP contribution in [-0.4, -0.2) is 21.4 Å². The molecular weight excluding hydrogens is 374 g/mol. The summed E-state index contributed by atoms with van der Waals surface area (Å²) in [6.45, 7) is 6.71. The molecule has 2 aliphatic rings. The Morgan fingerprint density at radius 2 is 2.12 bits per heavy atom. The number of rotatable bonds is 3. The zero-order valence-corrected chi connectivity index (χ0v) is 15.5. The van der Waals surface area contributed by atoms with Crippen molar-refractivity contribution in [1.82, 2.24) is 5.43 Å². The molecule has 3 unspecified atom stereocenters. The molecule has 2 bridgehead atoms. The molecule has 1 N–H and O–H groups in total. The smallest absolute Gasteiger partial charge is 0.267 e. The largest absolute Gasteiger partial charge is 0.271 e. The maximum Gasteiger partial charge on any atom is 0.271 e. The van der Waals surface area contributed by atoms with Crippen LogP contribution in [0.5, 0.6) is 0 Å². The SMILES string of the molecule is CC12CCC(C(Br)/C1=N/NC(=O)c1cccc([N+](=O)[O-])c1)C2(C)C. The van der Waals surface area contributed by atoms with Crippen molar-refractivity contribution in [2.24, 2.45) is 21.8 Å². The normalized spacial score (nSPS) is 32.1. The molecule has 6 nitrogen and oxygen atoms in total. The van der Waals surface area contributed by atoms with Crippen LogP contribution in [0.2, 0.25) is 0 Å². The van der Waals surface area contributed by atoms with Gasteiger partial charge in [-0.15, -0.1) is 0 Å². The van der Waals surface area contributed by atoms with E-state index in [1.807, 2.05) is 0 Å². The zero-order chi connectivity index (χ0) is 17.7. The molecule has 0 saturated heterocycles. The van der Waals surface area contributed by atoms with Gasteiger partial charge < -0.3 is 0 Å². The standard InChI is InChI=1S/C17H20BrN3O3/c1-16(2)12-7-8-17(16,3)14(13(12)18)19-20-15(22)10-5-4-6-11(9-10)21(23)24/h4-6,9,12-13H,7-8H2,1-3H3,(H,20,22)/b19-14-. The van der Waals surface area contributed by atoms with Crippen molar-refractivity contribution < 1.29 is 9.72 Å². The number of fused-ring (bicyclic) bond motifs is 2. The van der Waals surface area contributed by atoms with Gasteiger partial charge in [0.1, 0.15) is 0 Å². The Bertz CT molecular complexity index is 746. The molecular formula is C17H20BrN3O3. The maximum absolute atomic E-state index is 12.3. The summed E-state index contributed by atoms with van der Waals surface area (Å²) in [4.78, 5) is 22.8. The van der Waals surface area contributed by atoms with E-state index in [9.17, 15) is 14.9 Å². The van der Waals surface area contributed by atoms with Crippen LogP contribution < -0.4 is 5.43 Å². The van der Waals surface area contributed by atoms with Crippen molar-refractivity contribution in [2.75, 3.05) is 0 Å². The number of benzene rings is 1. The van der Waals surface area contributed by atoms with Crippen LogP contribution in [-0.2, 0) is 0 Å². The fraction of sp³-hybridized carbons (Fsp3) is 0.529. The summed E-state index contributed by atoms with van der Waals surface area (Å²) < 4.78 is 0. The number of hydrogen-bond donors (Lipinski definition) is 1. The number of hydrazone groups is 1. The van der Waals surface area contributed by atoms with Gasteiger partial charge in [-0.2, -0.15) is 5.10 Å². The van der Waals surface area contributed by atoms with Gasteiger partial charge in [0.25, 0.3) is 11.6 Å². The van der Waals surface area contributed by atoms with E-state index in [0.29, 0.717) is 5.92 Å². The summed E-state index contributed by atoms with van der Waals surface area (Å²) in [5.74, 6) is 0.0612. The molecule has 0 radical (unpaired) electrons. The first-order valence-electron chi connectivity index (χ1n) is 7.95. The van der Waals surface area contributed by atoms with Crippen molar-refractivity contribution in [3.63, 3.8) is 0 Å². The van der Waals surface area contributed by atoms with Gasteiger partial charge in [0.15, 0.2) is 0 Å². The molecule has 2 fully saturated rings. The Morgan fingerprint density at radius 3 is 2.71 bits per heavy atom. The third kappa shape index (κ3) is 2.37. The van der Waals surface area contributed by atoms with Crippen molar-refractivity contribution in [3.05, 3.63) is 39.9 Å². The van der Waals surface area contributed by atoms with Crippen LogP contribution in [0, 0.1) is 26.9 Å². The van der Waals surface area contributed by atoms with E-state index < -0.39 is 10.8 Å². The summed E-state index contributed by atoms with van der Waals surface area (Å²) in [6.07, 6.45) is 2.20. The van der Waals surface area contributed by atoms with E-state index in [4.69, 9.17) is 0 Å². The first-order valence-corrected chi connectivity index (χ1v) is 8.87. The lowest BCUT2D eigenvalue weighted by Crippen LogP contribution is -2.36. The lowest BCUT2D eigenvalue weighted by molar-refractivity contribution is -0.384. The minimum absolute atomic E-state index is 0.0538. The maximum atomic E-state index is 12.3. The van der Waals surface area contributed by atoms with E-state index in [-0.39, 0.29) is 26.9 Å². The fourth-order valence-electron chi connectivity index (χ4n) is 4.12. The van der Waals surface area contributed by atoms with E-state index in [1.165, 1.54) is 18.2 Å². The lowest BCUT2D eigenvalue weighted by atomic mass is 9.70. The quantitative estimate of drug-likeness (QED) is 0.479. The average Bonchev–Trinajstić information content (AvgIpc) is 2.84. The number of nitro benzene ring substituents is 1. The molecule has 1 amide bonds. The summed E-state index contributed by atoms with van der Waals surface area (Å²) in [5, 5.41) is 15.2. The molecule has 1 aromatic rings. The number of halogens is 1. The molecule has 0 heterocycles. The van der Waals surface area contributed by atoms with Crippen LogP contribution in [0.4, 0.5) is 5.69 Å². The highest BCUT2D eigenvalue weighted by Crippen LogP contribution is 2.65. The summed E-state index contributed by atoms with van der Waals surface area (Å²) in [7, 11) is 0. The molecule has 3 rings (SSSR count). The van der Waals surface area contributed by atoms with E-state index >= 15 is 0 Å². The zero-order valence-electron chi connectivity index (χ0n) is 13.9. The lowest BCUT2D eigenvalue weighted by Gasteiger charge is -2.34. The highest BCUT2D eigenvalue weighted by atomic mass is 79.9. The van der Waals surface area contributed by atoms with Crippen molar-refractivity contribution in [2.45, 2.75) is 38.4 Å². The Kier molecular flexibility index (Phi) is 4.02. The van der Waals surface area contributed by atoms with Gasteiger partial charge in [0.05, 0.1) is 15.5 Å². The number of carbonyl (C=O) groups excluding carboxylic acids is 1. The van der Waals surface area contributed by atoms with Crippen LogP contribution in [0.3, 0.4) is 0 Å². The highest BCUT2D eigenvalue weighted by Gasteiger charge is 2.64. The van der Waals surface area contributed by atoms with Crippen molar-refractivity contribution in [3.8, 4) is 0 Å². The number of nitro groups is 1. The van der Waals surface area contributed by atoms with Crippen molar-refractivity contribution >= 4 is 33.2 Å². The van der Waals surface area contributed by atoms with Gasteiger partial charge in [0, 0.05) is 23.1 Å². The van der Waals surface area contributed by atoms with Crippen LogP contribution in [0.25, 0.3) is 0 Å². The van der Waals surface area contributed by atoms with Gasteiger partial charge in [-0.1, -0.05) is 42.8 Å². The Balaban J connectivity index is 1.83. The number of non-ortho nitro benzene ring substituents is 1. The molecule has 7 heteroatoms. The first-order chi connectivity index (χ1) is 11.2. The van der Waals surface area contributed by atoms with E-state index in [0.717, 1.165) is 18.6 Å². The Morgan fingerprint density at radius 1 is 1.42 bits per heavy atom. The van der Waals surface area contributed by atoms with Gasteiger partial charge in [-0.25, -0.2) is 5.43 Å². The summed E-state index contributed by atoms with van der Waals surface area (Å²) in [5.41, 5.74) is 3.73. The number of nitrogens with zero attached hydrogens (tertiary/aromatic N) is 2. The monoisotopic (exact) mass is 393 g/mol. The Hall–Kier alpha value is -1.76. The number of amides is 1. The molecule has 2 aliphatic carbocycles. The van der Waals surface area contributed by atoms with E-state index in [1.54, 1.807) is 6.07 Å². The molecule has 1 aromatic carbocycles. The molecule has 24 heavy (non-hydrogen) atoms. The third-order valence-electron chi connectivity index (χ3n) is 6.08. The third-order valence-corrected chi connectivity index (χ3v) is 7.15. The first kappa shape index (κ1) is 17.1. The molecule has 0 spiro atoms. The predicted octanol–water partition coefficient (Wildman–Crippen LogP) is 3.90. The molecule has 128 valence electrons. The topological polar surface area (TPSA) is 84.6 Å². The molecule has 3 atom stereocenters. The predicted molar refractivity (Wildman–Crippen MR) is 95.3 cm³/mol. The van der Waals surface area contributed by atoms with E-state index in [2.05, 4.69) is 47.2 Å². The second kappa shape index (κ2) is 5.65. The van der Waals surface area contributed by atoms with Gasteiger partial charge in [-0.05, 0) is 30.2 Å². The van der Waals surface area contributed by atoms with Gasteiger partial charge in [-0.3, -0.25) is 14.9 Å². The number of hydrogen-bond acceptors (Lipinski definition) is 4. The highest BCUT2D eigenvalue weighted by molar-refractivity contribution is 9.10. The minimum atomic E-state index is -0.517. The second-order valence-electron chi connectivity index (χ2n) is 7.35. The number of nitrogens with one attached hydrogen (secondary N) is 1. The summed E-state index contributed by atoms with van der Waals surface area (Å²) in [6, 6.07) is 5.65. The fourth-order valence-corrected chi connectivity index (χ4v) is 5.66. The molecule has 0 aromatic heterocycles. The van der Waals surface area contributed by atoms with Crippen LogP contribution in [0.1, 0.15) is 44.0 Å². The summed E-state index contributed by atoms with van der Waals surface area (Å²) >= 11 is 3.74. The van der Waals surface area contributed by atoms with Crippen molar-refractivity contribution in [1.29, 1.82) is 0 Å². The molecule has 0 aliphatic heterocycles. The Labute approximate surface area is 149 Å². The van der Waals surface area contributed by atoms with Gasteiger partial charge in [0.2, 0.25) is 0 Å². The number of carbonyl (C=O) groups is 1. The minimum Gasteiger partial charge on any atom is -0.267 e. The van der Waals surface area contributed by atoms with Crippen LogP contribution in [0.15, 0.2) is 29.4 Å². The van der Waals surface area contributed by atoms with Gasteiger partial charge >= 0.3 is 0 Å². The average molecular weight is 394 g/mol. The second-order valence-corrected chi connectivity index (χ2v) is 8.33. The molecule has 2 saturated carbocycles. The number of alkyl halides is 1.